The molecule has 0 heterocycles. The van der Waals surface area contributed by atoms with Crippen molar-refractivity contribution >= 4 is 18.2 Å². The summed E-state index contributed by atoms with van der Waals surface area (Å²) in [4.78, 5) is 32.7. The highest BCUT2D eigenvalue weighted by Crippen LogP contribution is 2.11. The summed E-state index contributed by atoms with van der Waals surface area (Å²) in [5.41, 5.74) is 0.544. The average molecular weight is 279 g/mol. The van der Waals surface area contributed by atoms with Crippen LogP contribution in [-0.2, 0) is 9.59 Å². The second-order valence-electron chi connectivity index (χ2n) is 4.15. The Morgan fingerprint density at radius 2 is 2.00 bits per heavy atom. The van der Waals surface area contributed by atoms with E-state index in [1.807, 2.05) is 0 Å². The smallest absolute Gasteiger partial charge is 0.326 e. The van der Waals surface area contributed by atoms with Gasteiger partial charge >= 0.3 is 5.97 Å². The topological polar surface area (TPSA) is 92.7 Å². The van der Waals surface area contributed by atoms with Gasteiger partial charge in [0.2, 0.25) is 5.91 Å². The normalized spacial score (nSPS) is 11.4. The fourth-order valence-electron chi connectivity index (χ4n) is 1.51. The van der Waals surface area contributed by atoms with Gasteiger partial charge in [-0.3, -0.25) is 9.59 Å². The average Bonchev–Trinajstić information content (AvgIpc) is 2.45. The first-order chi connectivity index (χ1) is 9.56. The number of hydrogen-bond donors (Lipinski definition) is 2. The lowest BCUT2D eigenvalue weighted by molar-refractivity contribution is -0.142. The van der Waals surface area contributed by atoms with Gasteiger partial charge in [0.25, 0.3) is 0 Å². The van der Waals surface area contributed by atoms with Crippen LogP contribution in [0.15, 0.2) is 24.3 Å². The molecule has 108 valence electrons. The lowest BCUT2D eigenvalue weighted by Crippen LogP contribution is -2.40. The summed E-state index contributed by atoms with van der Waals surface area (Å²) in [7, 11) is 0. The molecule has 0 aliphatic rings. The van der Waals surface area contributed by atoms with Crippen LogP contribution in [0, 0.1) is 0 Å². The van der Waals surface area contributed by atoms with E-state index in [9.17, 15) is 14.4 Å². The van der Waals surface area contributed by atoms with E-state index in [0.717, 1.165) is 6.29 Å². The monoisotopic (exact) mass is 279 g/mol. The minimum Gasteiger partial charge on any atom is -0.493 e. The summed E-state index contributed by atoms with van der Waals surface area (Å²) in [5.74, 6) is -0.872. The number of ether oxygens (including phenoxy) is 1. The molecule has 1 amide bonds. The van der Waals surface area contributed by atoms with Crippen LogP contribution in [0.4, 0.5) is 0 Å². The van der Waals surface area contributed by atoms with Gasteiger partial charge in [0, 0.05) is 5.56 Å². The third-order valence-electron chi connectivity index (χ3n) is 2.66. The van der Waals surface area contributed by atoms with Crippen LogP contribution in [0.2, 0.25) is 0 Å². The van der Waals surface area contributed by atoms with E-state index in [2.05, 4.69) is 5.32 Å². The molecule has 0 fully saturated rings. The summed E-state index contributed by atoms with van der Waals surface area (Å²) in [6.45, 7) is 1.83. The number of nitrogens with one attached hydrogen (secondary N) is 1. The molecule has 0 saturated carbocycles. The van der Waals surface area contributed by atoms with E-state index in [4.69, 9.17) is 9.84 Å². The van der Waals surface area contributed by atoms with Crippen molar-refractivity contribution in [2.24, 2.45) is 0 Å². The third kappa shape index (κ3) is 5.09. The first-order valence-electron chi connectivity index (χ1n) is 6.27. The van der Waals surface area contributed by atoms with Crippen LogP contribution in [0.1, 0.15) is 30.1 Å². The molecule has 1 unspecified atom stereocenters. The zero-order valence-corrected chi connectivity index (χ0v) is 11.2. The maximum atomic E-state index is 11.5. The Hall–Kier alpha value is -2.37. The van der Waals surface area contributed by atoms with E-state index >= 15 is 0 Å². The highest BCUT2D eigenvalue weighted by molar-refractivity contribution is 5.83. The summed E-state index contributed by atoms with van der Waals surface area (Å²) in [6.07, 6.45) is 1.13. The lowest BCUT2D eigenvalue weighted by Gasteiger charge is -2.12. The zero-order valence-electron chi connectivity index (χ0n) is 11.2. The van der Waals surface area contributed by atoms with Crippen LogP contribution in [0.25, 0.3) is 0 Å². The second-order valence-corrected chi connectivity index (χ2v) is 4.15. The SMILES string of the molecule is CCC(NC(=O)CCOc1ccc(C=O)cc1)C(=O)O. The largest absolute Gasteiger partial charge is 0.493 e. The molecule has 0 saturated heterocycles. The number of benzene rings is 1. The van der Waals surface area contributed by atoms with Crippen molar-refractivity contribution in [2.45, 2.75) is 25.8 Å². The van der Waals surface area contributed by atoms with Crippen LogP contribution in [-0.4, -0.2) is 35.9 Å². The number of aldehydes is 1. The van der Waals surface area contributed by atoms with E-state index in [1.54, 1.807) is 31.2 Å². The Morgan fingerprint density at radius 3 is 2.50 bits per heavy atom. The summed E-state index contributed by atoms with van der Waals surface area (Å²) >= 11 is 0. The highest BCUT2D eigenvalue weighted by atomic mass is 16.5. The number of hydrogen-bond acceptors (Lipinski definition) is 4. The van der Waals surface area contributed by atoms with E-state index in [0.29, 0.717) is 17.7 Å². The van der Waals surface area contributed by atoms with E-state index in [1.165, 1.54) is 0 Å². The van der Waals surface area contributed by atoms with Crippen molar-refractivity contribution in [3.05, 3.63) is 29.8 Å². The number of carboxylic acids is 1. The molecule has 0 spiro atoms. The molecule has 0 bridgehead atoms. The molecule has 0 aliphatic carbocycles. The molecule has 1 atom stereocenters. The first-order valence-corrected chi connectivity index (χ1v) is 6.27. The molecule has 1 aromatic rings. The predicted molar refractivity (Wildman–Crippen MR) is 71.8 cm³/mol. The van der Waals surface area contributed by atoms with Crippen LogP contribution in [0.5, 0.6) is 5.75 Å². The van der Waals surface area contributed by atoms with Crippen LogP contribution >= 0.6 is 0 Å². The predicted octanol–water partition coefficient (Wildman–Crippen LogP) is 1.25. The minimum absolute atomic E-state index is 0.0687. The fraction of sp³-hybridized carbons (Fsp3) is 0.357. The maximum Gasteiger partial charge on any atom is 0.326 e. The van der Waals surface area contributed by atoms with Crippen molar-refractivity contribution in [1.29, 1.82) is 0 Å². The Morgan fingerprint density at radius 1 is 1.35 bits per heavy atom. The molecule has 0 radical (unpaired) electrons. The molecule has 20 heavy (non-hydrogen) atoms. The van der Waals surface area contributed by atoms with Crippen molar-refractivity contribution < 1.29 is 24.2 Å². The van der Waals surface area contributed by atoms with Gasteiger partial charge in [0.1, 0.15) is 18.1 Å². The Labute approximate surface area is 116 Å². The molecular formula is C14H17NO5. The summed E-state index contributed by atoms with van der Waals surface area (Å²) < 4.78 is 5.33. The lowest BCUT2D eigenvalue weighted by atomic mass is 10.2. The van der Waals surface area contributed by atoms with Crippen molar-refractivity contribution in [3.63, 3.8) is 0 Å². The number of amides is 1. The standard InChI is InChI=1S/C14H17NO5/c1-2-12(14(18)19)15-13(17)7-8-20-11-5-3-10(9-16)4-6-11/h3-6,9,12H,2,7-8H2,1H3,(H,15,17)(H,18,19). The van der Waals surface area contributed by atoms with Gasteiger partial charge in [-0.25, -0.2) is 4.79 Å². The number of aliphatic carboxylic acids is 1. The van der Waals surface area contributed by atoms with Gasteiger partial charge in [-0.15, -0.1) is 0 Å². The van der Waals surface area contributed by atoms with Crippen LogP contribution in [0.3, 0.4) is 0 Å². The maximum absolute atomic E-state index is 11.5. The van der Waals surface area contributed by atoms with Crippen molar-refractivity contribution in [2.75, 3.05) is 6.61 Å². The Kier molecular flexibility index (Phi) is 6.22. The summed E-state index contributed by atoms with van der Waals surface area (Å²) in [5, 5.41) is 11.2. The molecule has 0 aromatic heterocycles. The van der Waals surface area contributed by atoms with Crippen LogP contribution < -0.4 is 10.1 Å². The zero-order chi connectivity index (χ0) is 15.0. The molecule has 1 rings (SSSR count). The van der Waals surface area contributed by atoms with Gasteiger partial charge in [0.15, 0.2) is 0 Å². The van der Waals surface area contributed by atoms with Crippen molar-refractivity contribution in [1.82, 2.24) is 5.32 Å². The minimum atomic E-state index is -1.05. The Balaban J connectivity index is 2.34. The summed E-state index contributed by atoms with van der Waals surface area (Å²) in [6, 6.07) is 5.62. The molecule has 6 heteroatoms. The molecule has 2 N–H and O–H groups in total. The fourth-order valence-corrected chi connectivity index (χ4v) is 1.51. The van der Waals surface area contributed by atoms with Gasteiger partial charge in [0.05, 0.1) is 13.0 Å². The highest BCUT2D eigenvalue weighted by Gasteiger charge is 2.17. The Bertz CT molecular complexity index is 469. The molecule has 1 aromatic carbocycles. The number of carbonyl (C=O) groups is 3. The van der Waals surface area contributed by atoms with Gasteiger partial charge in [-0.1, -0.05) is 6.92 Å². The van der Waals surface area contributed by atoms with Gasteiger partial charge < -0.3 is 15.2 Å². The molecule has 6 nitrogen and oxygen atoms in total. The molecule has 0 aliphatic heterocycles. The number of rotatable bonds is 8. The van der Waals surface area contributed by atoms with Gasteiger partial charge in [-0.2, -0.15) is 0 Å². The van der Waals surface area contributed by atoms with Crippen molar-refractivity contribution in [3.8, 4) is 5.75 Å². The molecular weight excluding hydrogens is 262 g/mol. The quantitative estimate of drug-likeness (QED) is 0.698. The number of carbonyl (C=O) groups excluding carboxylic acids is 2. The second kappa shape index (κ2) is 7.93. The number of carboxylic acid groups (broad SMARTS) is 1. The van der Waals surface area contributed by atoms with E-state index in [-0.39, 0.29) is 18.9 Å². The third-order valence-corrected chi connectivity index (χ3v) is 2.66. The van der Waals surface area contributed by atoms with E-state index < -0.39 is 12.0 Å². The van der Waals surface area contributed by atoms with Gasteiger partial charge in [-0.05, 0) is 30.7 Å². The first kappa shape index (κ1) is 15.7.